The molecule has 0 unspecified atom stereocenters. The van der Waals surface area contributed by atoms with E-state index in [4.69, 9.17) is 11.6 Å². The second kappa shape index (κ2) is 3.83. The number of benzene rings is 1. The molecular formula is C10H10ClNOS. The molecule has 1 aromatic rings. The van der Waals surface area contributed by atoms with Gasteiger partial charge in [-0.3, -0.25) is 4.79 Å². The molecular weight excluding hydrogens is 218 g/mol. The summed E-state index contributed by atoms with van der Waals surface area (Å²) < 4.78 is 0. The van der Waals surface area contributed by atoms with Crippen molar-refractivity contribution in [2.75, 3.05) is 0 Å². The molecule has 0 bridgehead atoms. The Morgan fingerprint density at radius 2 is 2.00 bits per heavy atom. The highest BCUT2D eigenvalue weighted by atomic mass is 35.5. The fraction of sp³-hybridized carbons (Fsp3) is 0.300. The number of rotatable bonds is 1. The normalized spacial score (nSPS) is 26.3. The SMILES string of the molecule is C[C@@H]1S[C@@H](c2ccc(Cl)cc2)NC1=O. The van der Waals surface area contributed by atoms with Crippen molar-refractivity contribution in [3.63, 3.8) is 0 Å². The molecule has 1 heterocycles. The van der Waals surface area contributed by atoms with Crippen LogP contribution in [0.3, 0.4) is 0 Å². The summed E-state index contributed by atoms with van der Waals surface area (Å²) in [5, 5.41) is 3.76. The summed E-state index contributed by atoms with van der Waals surface area (Å²) >= 11 is 7.41. The highest BCUT2D eigenvalue weighted by molar-refractivity contribution is 8.01. The van der Waals surface area contributed by atoms with Crippen LogP contribution in [0.2, 0.25) is 5.02 Å². The van der Waals surface area contributed by atoms with Crippen LogP contribution < -0.4 is 5.32 Å². The number of carbonyl (C=O) groups is 1. The highest BCUT2D eigenvalue weighted by Gasteiger charge is 2.29. The van der Waals surface area contributed by atoms with E-state index in [0.717, 1.165) is 10.6 Å². The minimum absolute atomic E-state index is 0.0377. The summed E-state index contributed by atoms with van der Waals surface area (Å²) in [5.74, 6) is 0.106. The van der Waals surface area contributed by atoms with Crippen molar-refractivity contribution >= 4 is 29.3 Å². The van der Waals surface area contributed by atoms with E-state index < -0.39 is 0 Å². The standard InChI is InChI=1S/C10H10ClNOS/c1-6-9(13)12-10(14-6)7-2-4-8(11)5-3-7/h2-6,10H,1H3,(H,12,13)/t6-,10-/m0/s1. The van der Waals surface area contributed by atoms with Gasteiger partial charge in [-0.1, -0.05) is 23.7 Å². The fourth-order valence-electron chi connectivity index (χ4n) is 1.35. The van der Waals surface area contributed by atoms with Crippen molar-refractivity contribution in [1.29, 1.82) is 0 Å². The number of amides is 1. The van der Waals surface area contributed by atoms with Gasteiger partial charge in [-0.05, 0) is 24.6 Å². The third-order valence-electron chi connectivity index (χ3n) is 2.16. The number of hydrogen-bond donors (Lipinski definition) is 1. The van der Waals surface area contributed by atoms with E-state index in [1.54, 1.807) is 11.8 Å². The Bertz CT molecular complexity index is 352. The molecule has 1 aliphatic heterocycles. The molecule has 1 amide bonds. The predicted molar refractivity (Wildman–Crippen MR) is 59.4 cm³/mol. The van der Waals surface area contributed by atoms with Crippen molar-refractivity contribution in [3.05, 3.63) is 34.9 Å². The quantitative estimate of drug-likeness (QED) is 0.799. The van der Waals surface area contributed by atoms with Gasteiger partial charge in [0.2, 0.25) is 5.91 Å². The van der Waals surface area contributed by atoms with Crippen LogP contribution in [0.15, 0.2) is 24.3 Å². The second-order valence-corrected chi connectivity index (χ2v) is 5.11. The zero-order chi connectivity index (χ0) is 10.1. The van der Waals surface area contributed by atoms with Crippen LogP contribution >= 0.6 is 23.4 Å². The summed E-state index contributed by atoms with van der Waals surface area (Å²) in [4.78, 5) is 11.3. The highest BCUT2D eigenvalue weighted by Crippen LogP contribution is 2.35. The first-order valence-electron chi connectivity index (χ1n) is 4.38. The maximum absolute atomic E-state index is 11.3. The Balaban J connectivity index is 2.17. The fourth-order valence-corrected chi connectivity index (χ4v) is 2.57. The van der Waals surface area contributed by atoms with E-state index in [1.165, 1.54) is 0 Å². The van der Waals surface area contributed by atoms with Crippen molar-refractivity contribution in [2.24, 2.45) is 0 Å². The van der Waals surface area contributed by atoms with Gasteiger partial charge >= 0.3 is 0 Å². The Hall–Kier alpha value is -0.670. The third-order valence-corrected chi connectivity index (χ3v) is 3.69. The van der Waals surface area contributed by atoms with Crippen molar-refractivity contribution in [2.45, 2.75) is 17.5 Å². The van der Waals surface area contributed by atoms with Crippen molar-refractivity contribution in [3.8, 4) is 0 Å². The van der Waals surface area contributed by atoms with E-state index in [2.05, 4.69) is 5.32 Å². The van der Waals surface area contributed by atoms with E-state index >= 15 is 0 Å². The molecule has 1 aromatic carbocycles. The lowest BCUT2D eigenvalue weighted by atomic mass is 10.2. The second-order valence-electron chi connectivity index (χ2n) is 3.22. The van der Waals surface area contributed by atoms with Gasteiger partial charge < -0.3 is 5.32 Å². The Kier molecular flexibility index (Phi) is 2.70. The summed E-state index contributed by atoms with van der Waals surface area (Å²) in [7, 11) is 0. The number of halogens is 1. The van der Waals surface area contributed by atoms with Gasteiger partial charge in [0.25, 0.3) is 0 Å². The lowest BCUT2D eigenvalue weighted by molar-refractivity contribution is -0.119. The third kappa shape index (κ3) is 1.88. The van der Waals surface area contributed by atoms with Gasteiger partial charge in [0.1, 0.15) is 5.37 Å². The molecule has 14 heavy (non-hydrogen) atoms. The first-order chi connectivity index (χ1) is 6.66. The first-order valence-corrected chi connectivity index (χ1v) is 5.70. The number of carbonyl (C=O) groups excluding carboxylic acids is 1. The smallest absolute Gasteiger partial charge is 0.234 e. The van der Waals surface area contributed by atoms with Gasteiger partial charge in [-0.15, -0.1) is 11.8 Å². The van der Waals surface area contributed by atoms with E-state index in [9.17, 15) is 4.79 Å². The molecule has 1 N–H and O–H groups in total. The Morgan fingerprint density at radius 1 is 1.36 bits per heavy atom. The molecule has 2 nitrogen and oxygen atoms in total. The molecule has 1 saturated heterocycles. The van der Waals surface area contributed by atoms with Gasteiger partial charge in [0.15, 0.2) is 0 Å². The molecule has 2 atom stereocenters. The maximum atomic E-state index is 11.3. The topological polar surface area (TPSA) is 29.1 Å². The molecule has 0 spiro atoms. The summed E-state index contributed by atoms with van der Waals surface area (Å²) in [6.45, 7) is 1.91. The molecule has 74 valence electrons. The van der Waals surface area contributed by atoms with Gasteiger partial charge in [-0.2, -0.15) is 0 Å². The Labute approximate surface area is 92.0 Å². The van der Waals surface area contributed by atoms with Crippen LogP contribution in [0.25, 0.3) is 0 Å². The first kappa shape index (κ1) is 9.87. The van der Waals surface area contributed by atoms with Crippen LogP contribution in [0.4, 0.5) is 0 Å². The van der Waals surface area contributed by atoms with Crippen LogP contribution in [0.1, 0.15) is 17.9 Å². The maximum Gasteiger partial charge on any atom is 0.234 e. The lowest BCUT2D eigenvalue weighted by Crippen LogP contribution is -2.22. The van der Waals surface area contributed by atoms with Crippen molar-refractivity contribution < 1.29 is 4.79 Å². The monoisotopic (exact) mass is 227 g/mol. The minimum Gasteiger partial charge on any atom is -0.339 e. The Morgan fingerprint density at radius 3 is 2.50 bits per heavy atom. The summed E-state index contributed by atoms with van der Waals surface area (Å²) in [6.07, 6.45) is 0. The molecule has 4 heteroatoms. The lowest BCUT2D eigenvalue weighted by Gasteiger charge is -2.08. The number of thioether (sulfide) groups is 1. The molecule has 0 aliphatic carbocycles. The summed E-state index contributed by atoms with van der Waals surface area (Å²) in [5.41, 5.74) is 1.09. The minimum atomic E-state index is 0.0377. The van der Waals surface area contributed by atoms with Crippen LogP contribution in [0.5, 0.6) is 0 Å². The van der Waals surface area contributed by atoms with E-state index in [-0.39, 0.29) is 16.5 Å². The molecule has 0 aromatic heterocycles. The zero-order valence-electron chi connectivity index (χ0n) is 7.66. The largest absolute Gasteiger partial charge is 0.339 e. The number of hydrogen-bond acceptors (Lipinski definition) is 2. The van der Waals surface area contributed by atoms with Crippen molar-refractivity contribution in [1.82, 2.24) is 5.32 Å². The van der Waals surface area contributed by atoms with Gasteiger partial charge in [-0.25, -0.2) is 0 Å². The van der Waals surface area contributed by atoms with Crippen LogP contribution in [-0.4, -0.2) is 11.2 Å². The molecule has 2 rings (SSSR count). The van der Waals surface area contributed by atoms with Crippen LogP contribution in [-0.2, 0) is 4.79 Å². The average molecular weight is 228 g/mol. The predicted octanol–water partition coefficient (Wildman–Crippen LogP) is 2.59. The van der Waals surface area contributed by atoms with E-state index in [0.29, 0.717) is 0 Å². The van der Waals surface area contributed by atoms with Gasteiger partial charge in [0, 0.05) is 5.02 Å². The zero-order valence-corrected chi connectivity index (χ0v) is 9.23. The van der Waals surface area contributed by atoms with Crippen LogP contribution in [0, 0.1) is 0 Å². The van der Waals surface area contributed by atoms with Gasteiger partial charge in [0.05, 0.1) is 5.25 Å². The molecule has 1 fully saturated rings. The average Bonchev–Trinajstić information content (AvgIpc) is 2.48. The summed E-state index contributed by atoms with van der Waals surface area (Å²) in [6, 6.07) is 7.57. The number of nitrogens with one attached hydrogen (secondary N) is 1. The molecule has 1 aliphatic rings. The molecule has 0 saturated carbocycles. The molecule has 0 radical (unpaired) electrons. The van der Waals surface area contributed by atoms with E-state index in [1.807, 2.05) is 31.2 Å².